The quantitative estimate of drug-likeness (QED) is 0.438. The summed E-state index contributed by atoms with van der Waals surface area (Å²) in [6, 6.07) is 18.7. The molecule has 0 saturated carbocycles. The minimum absolute atomic E-state index is 0. The fraction of sp³-hybridized carbons (Fsp3) is 0.269. The molecule has 0 spiro atoms. The van der Waals surface area contributed by atoms with Crippen LogP contribution in [0, 0.1) is 6.92 Å². The first kappa shape index (κ1) is 23.9. The summed E-state index contributed by atoms with van der Waals surface area (Å²) in [5.41, 5.74) is 6.38. The molecule has 1 unspecified atom stereocenters. The molecule has 0 aliphatic carbocycles. The van der Waals surface area contributed by atoms with Crippen LogP contribution in [0.5, 0.6) is 0 Å². The van der Waals surface area contributed by atoms with Crippen LogP contribution in [0.1, 0.15) is 28.4 Å². The Morgan fingerprint density at radius 3 is 2.29 bits per heavy atom. The zero-order chi connectivity index (χ0) is 22.6. The van der Waals surface area contributed by atoms with E-state index in [1.165, 1.54) is 11.1 Å². The lowest BCUT2D eigenvalue weighted by atomic mass is 9.97. The van der Waals surface area contributed by atoms with E-state index in [9.17, 15) is 5.11 Å². The third-order valence-electron chi connectivity index (χ3n) is 6.35. The summed E-state index contributed by atoms with van der Waals surface area (Å²) in [5.74, 6) is 0.907. The van der Waals surface area contributed by atoms with E-state index >= 15 is 0 Å². The van der Waals surface area contributed by atoms with E-state index in [1.54, 1.807) is 12.4 Å². The second-order valence-corrected chi connectivity index (χ2v) is 8.37. The summed E-state index contributed by atoms with van der Waals surface area (Å²) in [6.07, 6.45) is 5.45. The molecule has 176 valence electrons. The Morgan fingerprint density at radius 1 is 0.941 bits per heavy atom. The topological polar surface area (TPSA) is 81.2 Å². The summed E-state index contributed by atoms with van der Waals surface area (Å²) in [4.78, 5) is 14.2. The maximum absolute atomic E-state index is 9.35. The van der Waals surface area contributed by atoms with Crippen LogP contribution in [0.2, 0.25) is 0 Å². The van der Waals surface area contributed by atoms with Gasteiger partial charge in [-0.3, -0.25) is 15.0 Å². The number of aromatic amines is 1. The van der Waals surface area contributed by atoms with E-state index in [-0.39, 0.29) is 25.1 Å². The van der Waals surface area contributed by atoms with Gasteiger partial charge in [-0.25, -0.2) is 4.98 Å². The first-order valence-electron chi connectivity index (χ1n) is 11.3. The number of H-pyrrole nitrogens is 1. The Balaban J connectivity index is 0.00000274. The van der Waals surface area contributed by atoms with Crippen molar-refractivity contribution >= 4 is 18.2 Å². The van der Waals surface area contributed by atoms with Gasteiger partial charge in [0.05, 0.1) is 18.8 Å². The number of benzene rings is 2. The minimum Gasteiger partial charge on any atom is -0.392 e. The zero-order valence-electron chi connectivity index (χ0n) is 19.1. The van der Waals surface area contributed by atoms with E-state index in [2.05, 4.69) is 62.2 Å². The van der Waals surface area contributed by atoms with Crippen molar-refractivity contribution in [1.29, 1.82) is 0 Å². The standard InChI is InChI=1S/C26H28N6O.ClH/c1-19-23(17-29-30-19)25(22-5-3-2-4-6-22)31-13-15-32(16-14-31)26-24(27-11-12-28-26)21-9-7-20(18-33)8-10-21;/h2-12,17,25,33H,13-16,18H2,1H3,(H,29,30);1H. The first-order valence-corrected chi connectivity index (χ1v) is 11.3. The van der Waals surface area contributed by atoms with Crippen molar-refractivity contribution in [2.75, 3.05) is 31.1 Å². The molecule has 3 heterocycles. The molecular weight excluding hydrogens is 448 g/mol. The van der Waals surface area contributed by atoms with Crippen molar-refractivity contribution in [3.8, 4) is 11.3 Å². The molecule has 4 aromatic rings. The zero-order valence-corrected chi connectivity index (χ0v) is 19.9. The lowest BCUT2D eigenvalue weighted by Gasteiger charge is -2.40. The summed E-state index contributed by atoms with van der Waals surface area (Å²) in [7, 11) is 0. The van der Waals surface area contributed by atoms with Crippen LogP contribution in [0.4, 0.5) is 5.82 Å². The van der Waals surface area contributed by atoms with E-state index < -0.39 is 0 Å². The number of hydrogen-bond acceptors (Lipinski definition) is 6. The van der Waals surface area contributed by atoms with Crippen LogP contribution in [0.25, 0.3) is 11.3 Å². The SMILES string of the molecule is Cc1[nH]ncc1C(c1ccccc1)N1CCN(c2nccnc2-c2ccc(CO)cc2)CC1.Cl. The smallest absolute Gasteiger partial charge is 0.155 e. The highest BCUT2D eigenvalue weighted by molar-refractivity contribution is 5.85. The number of anilines is 1. The van der Waals surface area contributed by atoms with Gasteiger partial charge < -0.3 is 10.0 Å². The molecule has 2 N–H and O–H groups in total. The molecule has 5 rings (SSSR count). The highest BCUT2D eigenvalue weighted by atomic mass is 35.5. The number of hydrogen-bond donors (Lipinski definition) is 2. The van der Waals surface area contributed by atoms with E-state index in [4.69, 9.17) is 4.98 Å². The maximum atomic E-state index is 9.35. The summed E-state index contributed by atoms with van der Waals surface area (Å²) in [5, 5.41) is 16.7. The van der Waals surface area contributed by atoms with Crippen molar-refractivity contribution in [2.45, 2.75) is 19.6 Å². The molecule has 1 saturated heterocycles. The van der Waals surface area contributed by atoms with Gasteiger partial charge >= 0.3 is 0 Å². The van der Waals surface area contributed by atoms with Gasteiger partial charge in [-0.05, 0) is 18.1 Å². The molecule has 8 heteroatoms. The molecule has 2 aromatic carbocycles. The second-order valence-electron chi connectivity index (χ2n) is 8.37. The average molecular weight is 477 g/mol. The van der Waals surface area contributed by atoms with Crippen molar-refractivity contribution in [2.24, 2.45) is 0 Å². The van der Waals surface area contributed by atoms with Crippen LogP contribution in [0.15, 0.2) is 73.2 Å². The molecule has 1 aliphatic heterocycles. The van der Waals surface area contributed by atoms with Crippen LogP contribution in [-0.4, -0.2) is 56.4 Å². The number of aliphatic hydroxyl groups excluding tert-OH is 1. The number of aryl methyl sites for hydroxylation is 1. The van der Waals surface area contributed by atoms with Crippen LogP contribution in [0.3, 0.4) is 0 Å². The number of aromatic nitrogens is 4. The van der Waals surface area contributed by atoms with E-state index in [0.717, 1.165) is 54.5 Å². The molecule has 7 nitrogen and oxygen atoms in total. The van der Waals surface area contributed by atoms with Crippen LogP contribution in [-0.2, 0) is 6.61 Å². The predicted octanol–water partition coefficient (Wildman–Crippen LogP) is 4.00. The van der Waals surface area contributed by atoms with Crippen LogP contribution >= 0.6 is 12.4 Å². The van der Waals surface area contributed by atoms with Gasteiger partial charge in [0.1, 0.15) is 5.69 Å². The average Bonchev–Trinajstić information content (AvgIpc) is 3.30. The fourth-order valence-electron chi connectivity index (χ4n) is 4.58. The Bertz CT molecular complexity index is 1190. The summed E-state index contributed by atoms with van der Waals surface area (Å²) in [6.45, 7) is 5.66. The number of aliphatic hydroxyl groups is 1. The molecule has 2 aromatic heterocycles. The normalized spacial score (nSPS) is 15.1. The molecule has 0 radical (unpaired) electrons. The number of halogens is 1. The third-order valence-corrected chi connectivity index (χ3v) is 6.35. The summed E-state index contributed by atoms with van der Waals surface area (Å²) < 4.78 is 0. The largest absolute Gasteiger partial charge is 0.392 e. The van der Waals surface area contributed by atoms with Gasteiger partial charge in [-0.2, -0.15) is 5.10 Å². The lowest BCUT2D eigenvalue weighted by Crippen LogP contribution is -2.48. The van der Waals surface area contributed by atoms with Crippen molar-refractivity contribution in [1.82, 2.24) is 25.1 Å². The Kier molecular flexibility index (Phi) is 7.57. The highest BCUT2D eigenvalue weighted by Crippen LogP contribution is 2.33. The number of piperazine rings is 1. The van der Waals surface area contributed by atoms with E-state index in [0.29, 0.717) is 0 Å². The third kappa shape index (κ3) is 4.82. The van der Waals surface area contributed by atoms with E-state index in [1.807, 2.05) is 30.5 Å². The van der Waals surface area contributed by atoms with Gasteiger partial charge in [-0.1, -0.05) is 54.6 Å². The Labute approximate surface area is 205 Å². The minimum atomic E-state index is 0. The van der Waals surface area contributed by atoms with Gasteiger partial charge in [-0.15, -0.1) is 12.4 Å². The van der Waals surface area contributed by atoms with Gasteiger partial charge in [0.25, 0.3) is 0 Å². The predicted molar refractivity (Wildman–Crippen MR) is 136 cm³/mol. The number of nitrogens with one attached hydrogen (secondary N) is 1. The molecule has 1 atom stereocenters. The molecule has 1 aliphatic rings. The molecule has 34 heavy (non-hydrogen) atoms. The summed E-state index contributed by atoms with van der Waals surface area (Å²) >= 11 is 0. The maximum Gasteiger partial charge on any atom is 0.155 e. The van der Waals surface area contributed by atoms with Crippen molar-refractivity contribution < 1.29 is 5.11 Å². The molecular formula is C26H29ClN6O. The molecule has 0 bridgehead atoms. The van der Waals surface area contributed by atoms with Gasteiger partial charge in [0.15, 0.2) is 5.82 Å². The highest BCUT2D eigenvalue weighted by Gasteiger charge is 2.29. The van der Waals surface area contributed by atoms with Gasteiger partial charge in [0.2, 0.25) is 0 Å². The molecule has 0 amide bonds. The Hall–Kier alpha value is -3.26. The molecule has 1 fully saturated rings. The number of rotatable bonds is 6. The number of nitrogens with zero attached hydrogens (tertiary/aromatic N) is 5. The van der Waals surface area contributed by atoms with Crippen LogP contribution < -0.4 is 4.90 Å². The monoisotopic (exact) mass is 476 g/mol. The van der Waals surface area contributed by atoms with Crippen molar-refractivity contribution in [3.05, 3.63) is 95.6 Å². The fourth-order valence-corrected chi connectivity index (χ4v) is 4.58. The van der Waals surface area contributed by atoms with Crippen molar-refractivity contribution in [3.63, 3.8) is 0 Å². The lowest BCUT2D eigenvalue weighted by molar-refractivity contribution is 0.211. The van der Waals surface area contributed by atoms with Gasteiger partial charge in [0, 0.05) is 55.4 Å². The Morgan fingerprint density at radius 2 is 1.65 bits per heavy atom. The second kappa shape index (κ2) is 10.8. The first-order chi connectivity index (χ1) is 16.2.